The van der Waals surface area contributed by atoms with E-state index in [2.05, 4.69) is 85.4 Å². The Balaban J connectivity index is 0.000000189. The Bertz CT molecular complexity index is 7250. The maximum absolute atomic E-state index is 12.3. The summed E-state index contributed by atoms with van der Waals surface area (Å²) in [6, 6.07) is 51.2. The maximum atomic E-state index is 12.3. The van der Waals surface area contributed by atoms with Gasteiger partial charge in [0, 0.05) is 105 Å². The van der Waals surface area contributed by atoms with Gasteiger partial charge in [-0.05, 0) is 110 Å². The van der Waals surface area contributed by atoms with E-state index in [1.165, 1.54) is 57.9 Å². The molecule has 131 heavy (non-hydrogen) atoms. The Hall–Kier alpha value is -15.5. The quantitative estimate of drug-likeness (QED) is 0.0342. The predicted molar refractivity (Wildman–Crippen MR) is 479 cm³/mol. The van der Waals surface area contributed by atoms with Crippen LogP contribution < -0.4 is 43.8 Å². The molecule has 17 heterocycles. The number of Topliss-reactive ketones (excluding diaryl/α,β-unsaturated/α-hetero) is 1. The molecule has 1 atom stereocenters. The number of hydrogen-bond donors (Lipinski definition) is 3. The number of aliphatic hydroxyl groups is 2. The molecule has 1 aliphatic heterocycles. The number of benzene rings is 4. The summed E-state index contributed by atoms with van der Waals surface area (Å²) >= 11 is 6.22. The molecule has 4 N–H and O–H groups in total. The van der Waals surface area contributed by atoms with Crippen LogP contribution in [0.3, 0.4) is 0 Å². The molecule has 39 heteroatoms. The van der Waals surface area contributed by atoms with Gasteiger partial charge in [0.05, 0.1) is 119 Å². The summed E-state index contributed by atoms with van der Waals surface area (Å²) in [6.45, 7) is 4.18. The van der Waals surface area contributed by atoms with Crippen molar-refractivity contribution in [2.45, 2.75) is 60.0 Å². The second-order valence-electron chi connectivity index (χ2n) is 28.3. The Morgan fingerprint density at radius 3 is 1.15 bits per heavy atom. The molecule has 16 aromatic heterocycles. The molecule has 1 aliphatic rings. The minimum atomic E-state index is -1.02. The number of halogens is 1. The van der Waals surface area contributed by atoms with Crippen molar-refractivity contribution in [1.29, 1.82) is 0 Å². The van der Waals surface area contributed by atoms with E-state index < -0.39 is 17.9 Å². The molecule has 4 aromatic carbocycles. The SMILES string of the molecule is C.C1CCOC1.COC(=O)c1ccc(CO)nc1.COC(=O)c1ccc(COc2nn3c(-c4ccoc4)nnc3c3ccccc23)nc1.C[C@H](CO)CC(=O)c1ccc(COc2nn3c(-c4ccoc4)nnc3c3ccccc23)nc1.Clc1nn2c(-c3ccoc3)nnc2c2ccccc12.O=C(O)c1ccc(COc2nn3c(-c4ccoc4)ncc3c3ccccc23)nc1.[HH].[HH].[HH].[HH].[Na+].[OH-]. The molecule has 1 saturated heterocycles. The molecular formula is C92H87ClN19NaO18. The van der Waals surface area contributed by atoms with Crippen LogP contribution in [0.4, 0.5) is 0 Å². The number of furan rings is 4. The van der Waals surface area contributed by atoms with Crippen molar-refractivity contribution in [1.82, 2.24) is 94.0 Å². The third-order valence-electron chi connectivity index (χ3n) is 19.8. The van der Waals surface area contributed by atoms with E-state index >= 15 is 0 Å². The number of pyridine rings is 4. The fourth-order valence-corrected chi connectivity index (χ4v) is 13.4. The summed E-state index contributed by atoms with van der Waals surface area (Å²) in [6.07, 6.45) is 23.0. The molecule has 37 nitrogen and oxygen atoms in total. The minimum absolute atomic E-state index is 0. The number of ketones is 1. The first-order valence-corrected chi connectivity index (χ1v) is 39.9. The Kier molecular flexibility index (Phi) is 31.2. The molecule has 0 bridgehead atoms. The van der Waals surface area contributed by atoms with Gasteiger partial charge in [0.15, 0.2) is 51.2 Å². The molecule has 0 saturated carbocycles. The Morgan fingerprint density at radius 2 is 0.786 bits per heavy atom. The maximum Gasteiger partial charge on any atom is 1.00 e. The van der Waals surface area contributed by atoms with Gasteiger partial charge in [-0.2, -0.15) is 18.6 Å². The van der Waals surface area contributed by atoms with Crippen LogP contribution in [0.25, 0.3) is 111 Å². The molecular weight excluding hydrogens is 1720 g/mol. The zero-order valence-electron chi connectivity index (χ0n) is 69.7. The Morgan fingerprint density at radius 1 is 0.427 bits per heavy atom. The number of fused-ring (bicyclic) bond motifs is 12. The van der Waals surface area contributed by atoms with Gasteiger partial charge in [-0.1, -0.05) is 105 Å². The number of carboxylic acids is 1. The molecule has 21 rings (SSSR count). The van der Waals surface area contributed by atoms with Crippen LogP contribution in [0.15, 0.2) is 269 Å². The number of carboxylic acid groups (broad SMARTS) is 1. The monoisotopic (exact) mass is 1800 g/mol. The summed E-state index contributed by atoms with van der Waals surface area (Å²) in [4.78, 5) is 66.7. The number of hydrogen-bond acceptors (Lipinski definition) is 32. The average molecular weight is 1810 g/mol. The van der Waals surface area contributed by atoms with E-state index in [0.717, 1.165) is 84.1 Å². The van der Waals surface area contributed by atoms with Crippen LogP contribution >= 0.6 is 11.6 Å². The average Bonchev–Trinajstić information content (AvgIpc) is 1.64. The molecule has 666 valence electrons. The second kappa shape index (κ2) is 43.8. The van der Waals surface area contributed by atoms with Gasteiger partial charge in [-0.3, -0.25) is 24.7 Å². The van der Waals surface area contributed by atoms with Gasteiger partial charge < -0.3 is 66.9 Å². The first kappa shape index (κ1) is 93.2. The largest absolute Gasteiger partial charge is 1.00 e. The topological polar surface area (TPSA) is 478 Å². The van der Waals surface area contributed by atoms with Gasteiger partial charge in [0.25, 0.3) is 0 Å². The number of aromatic nitrogens is 19. The van der Waals surface area contributed by atoms with Gasteiger partial charge in [0.2, 0.25) is 17.6 Å². The standard InChI is InChI=1S/C24H21N5O4.C21H15N5O4.C21H14N4O4.C13H7ClN4O.C8H9NO3.C4H8O.CH4.Na.H2O.4H2/c1-15(12-30)10-21(31)16-6-7-18(25-11-16)14-33-24-20-5-3-2-4-19(20)23-27-26-22(29(23)28-24)17-8-9-32-13-17;1-28-21(27)13-6-7-15(22-10-13)12-30-20-17-5-3-2-4-16(17)19-24-23-18(26(19)25-20)14-8-9-29-11-14;26-21(27)13-5-6-15(22-9-13)12-29-20-17-4-2-1-3-16(17)18-10-23-19(25(18)24-20)14-7-8-28-11-14;14-11-9-3-1-2-4-10(9)13-16-15-12(18(13)17-11)8-5-6-19-7-8;1-12-8(11)6-2-3-7(5-10)9-4-6;1-2-4-5-3-1;;;;;;;/h2-9,11,13,15,30H,10,12,14H2,1H3;2-11H,12H2,1H3;1-11H,12H2,(H,26,27);1-7H;2-4,10H,5H2,1H3;1-4H2;1H4;;1H2;4*1H/q;;;;;;;+1;;;;;/p-1/t15-;;;;;;;;;;;;/m0............/s1. The van der Waals surface area contributed by atoms with Gasteiger partial charge >= 0.3 is 47.5 Å². The van der Waals surface area contributed by atoms with Gasteiger partial charge in [-0.15, -0.1) is 45.9 Å². The van der Waals surface area contributed by atoms with Crippen LogP contribution in [-0.4, -0.2) is 172 Å². The number of aliphatic hydroxyl groups excluding tert-OH is 2. The molecule has 0 aliphatic carbocycles. The van der Waals surface area contributed by atoms with Crippen molar-refractivity contribution >= 4 is 101 Å². The van der Waals surface area contributed by atoms with Crippen molar-refractivity contribution in [3.05, 3.63) is 301 Å². The van der Waals surface area contributed by atoms with Crippen molar-refractivity contribution < 1.29 is 121 Å². The summed E-state index contributed by atoms with van der Waals surface area (Å²) in [5.41, 5.74) is 9.74. The summed E-state index contributed by atoms with van der Waals surface area (Å²) < 4.78 is 59.3. The van der Waals surface area contributed by atoms with E-state index in [-0.39, 0.29) is 105 Å². The normalized spacial score (nSPS) is 11.6. The van der Waals surface area contributed by atoms with Crippen LogP contribution in [0.2, 0.25) is 5.15 Å². The van der Waals surface area contributed by atoms with E-state index in [1.54, 1.807) is 135 Å². The molecule has 1 fully saturated rings. The fourth-order valence-electron chi connectivity index (χ4n) is 13.2. The summed E-state index contributed by atoms with van der Waals surface area (Å²) in [5, 5.41) is 77.9. The van der Waals surface area contributed by atoms with Crippen LogP contribution in [-0.2, 0) is 40.6 Å². The number of nitrogens with zero attached hydrogens (tertiary/aromatic N) is 19. The number of esters is 2. The molecule has 20 aromatic rings. The summed E-state index contributed by atoms with van der Waals surface area (Å²) in [7, 11) is 2.64. The smallest absolute Gasteiger partial charge is 0.870 e. The Labute approximate surface area is 775 Å². The predicted octanol–water partition coefficient (Wildman–Crippen LogP) is 13.6. The van der Waals surface area contributed by atoms with E-state index in [0.29, 0.717) is 102 Å². The van der Waals surface area contributed by atoms with Crippen LogP contribution in [0.1, 0.15) is 104 Å². The fraction of sp³-hybridized carbons (Fsp3) is 0.163. The van der Waals surface area contributed by atoms with E-state index in [4.69, 9.17) is 63.5 Å². The van der Waals surface area contributed by atoms with Gasteiger partial charge in [0.1, 0.15) is 44.9 Å². The number of methoxy groups -OCH3 is 2. The molecule has 0 radical (unpaired) electrons. The first-order chi connectivity index (χ1) is 62.7. The van der Waals surface area contributed by atoms with E-state index in [1.807, 2.05) is 110 Å². The number of carbonyl (C=O) groups is 4. The first-order valence-electron chi connectivity index (χ1n) is 39.6. The number of aromatic carboxylic acids is 1. The van der Waals surface area contributed by atoms with Crippen molar-refractivity contribution in [3.63, 3.8) is 0 Å². The minimum Gasteiger partial charge on any atom is -0.870 e. The van der Waals surface area contributed by atoms with Crippen LogP contribution in [0, 0.1) is 5.92 Å². The molecule has 0 amide bonds. The second-order valence-corrected chi connectivity index (χ2v) is 28.7. The molecule has 0 spiro atoms. The third kappa shape index (κ3) is 21.4. The number of ether oxygens (including phenoxy) is 6. The zero-order chi connectivity index (χ0) is 88.4. The van der Waals surface area contributed by atoms with Crippen LogP contribution in [0.5, 0.6) is 17.6 Å². The number of rotatable bonds is 21. The van der Waals surface area contributed by atoms with Crippen molar-refractivity contribution in [3.8, 4) is 63.2 Å². The molecule has 0 unspecified atom stereocenters. The van der Waals surface area contributed by atoms with Gasteiger partial charge in [-0.25, -0.2) is 23.9 Å². The van der Waals surface area contributed by atoms with Crippen molar-refractivity contribution in [2.24, 2.45) is 5.92 Å². The zero-order valence-corrected chi connectivity index (χ0v) is 72.5. The van der Waals surface area contributed by atoms with E-state index in [9.17, 15) is 19.2 Å². The number of imidazole rings is 1. The summed E-state index contributed by atoms with van der Waals surface area (Å²) in [5.74, 6) is 1.61. The number of carbonyl (C=O) groups excluding carboxylic acids is 3. The van der Waals surface area contributed by atoms with Crippen molar-refractivity contribution in [2.75, 3.05) is 34.0 Å². The third-order valence-corrected chi connectivity index (χ3v) is 20.1.